The molecule has 0 atom stereocenters. The molecular weight excluding hydrogens is 308 g/mol. The molecule has 2 N–H and O–H groups in total. The number of hydrogen-bond donors (Lipinski definition) is 2. The van der Waals surface area contributed by atoms with E-state index in [9.17, 15) is 8.42 Å². The molecule has 7 heteroatoms. The molecule has 0 aliphatic rings. The molecule has 0 saturated carbocycles. The first-order valence-corrected chi connectivity index (χ1v) is 8.81. The first-order valence-electron chi connectivity index (χ1n) is 6.39. The molecule has 5 nitrogen and oxygen atoms in total. The van der Waals surface area contributed by atoms with Crippen molar-refractivity contribution in [2.75, 3.05) is 14.2 Å². The second-order valence-corrected chi connectivity index (χ2v) is 6.99. The Hall–Kier alpha value is -1.41. The smallest absolute Gasteiger partial charge is 0.244 e. The molecule has 2 aromatic rings. The van der Waals surface area contributed by atoms with E-state index in [4.69, 9.17) is 4.74 Å². The summed E-state index contributed by atoms with van der Waals surface area (Å²) in [6.07, 6.45) is 0. The topological polar surface area (TPSA) is 67.4 Å². The van der Waals surface area contributed by atoms with Crippen LogP contribution in [-0.4, -0.2) is 22.6 Å². The lowest BCUT2D eigenvalue weighted by Gasteiger charge is -2.12. The highest BCUT2D eigenvalue weighted by Crippen LogP contribution is 2.25. The van der Waals surface area contributed by atoms with Crippen LogP contribution >= 0.6 is 11.3 Å². The second-order valence-electron chi connectivity index (χ2n) is 4.47. The third-order valence-corrected chi connectivity index (χ3v) is 5.12. The van der Waals surface area contributed by atoms with Crippen LogP contribution in [-0.2, 0) is 23.1 Å². The summed E-state index contributed by atoms with van der Waals surface area (Å²) < 4.78 is 32.5. The van der Waals surface area contributed by atoms with Crippen molar-refractivity contribution in [1.82, 2.24) is 10.0 Å². The molecule has 21 heavy (non-hydrogen) atoms. The predicted molar refractivity (Wildman–Crippen MR) is 84.1 cm³/mol. The molecule has 0 bridgehead atoms. The van der Waals surface area contributed by atoms with Gasteiger partial charge >= 0.3 is 0 Å². The molecule has 0 fully saturated rings. The van der Waals surface area contributed by atoms with Crippen LogP contribution in [0.3, 0.4) is 0 Å². The lowest BCUT2D eigenvalue weighted by molar-refractivity contribution is 0.401. The van der Waals surface area contributed by atoms with Gasteiger partial charge in [0.05, 0.1) is 7.11 Å². The first-order chi connectivity index (χ1) is 10.1. The molecule has 1 aromatic carbocycles. The van der Waals surface area contributed by atoms with Crippen molar-refractivity contribution >= 4 is 21.4 Å². The maximum Gasteiger partial charge on any atom is 0.244 e. The Morgan fingerprint density at radius 3 is 2.62 bits per heavy atom. The lowest BCUT2D eigenvalue weighted by atomic mass is 10.2. The average molecular weight is 326 g/mol. The van der Waals surface area contributed by atoms with Gasteiger partial charge in [-0.2, -0.15) is 11.3 Å². The van der Waals surface area contributed by atoms with Crippen LogP contribution in [0.25, 0.3) is 0 Å². The van der Waals surface area contributed by atoms with Gasteiger partial charge in [-0.05, 0) is 47.1 Å². The fourth-order valence-electron chi connectivity index (χ4n) is 1.90. The Morgan fingerprint density at radius 2 is 2.00 bits per heavy atom. The minimum atomic E-state index is -3.60. The first kappa shape index (κ1) is 16.0. The fourth-order valence-corrected chi connectivity index (χ4v) is 3.73. The monoisotopic (exact) mass is 326 g/mol. The zero-order valence-corrected chi connectivity index (χ0v) is 13.6. The van der Waals surface area contributed by atoms with Crippen molar-refractivity contribution in [1.29, 1.82) is 0 Å². The summed E-state index contributed by atoms with van der Waals surface area (Å²) in [4.78, 5) is 0.153. The molecule has 0 saturated heterocycles. The van der Waals surface area contributed by atoms with Gasteiger partial charge in [-0.15, -0.1) is 0 Å². The van der Waals surface area contributed by atoms with Crippen molar-refractivity contribution in [3.8, 4) is 5.75 Å². The SMILES string of the molecule is CNCc1ccc(S(=O)(=O)NCc2ccsc2)c(OC)c1. The average Bonchev–Trinajstić information content (AvgIpc) is 2.98. The summed E-state index contributed by atoms with van der Waals surface area (Å²) in [6.45, 7) is 0.923. The summed E-state index contributed by atoms with van der Waals surface area (Å²) in [7, 11) is -0.300. The molecule has 0 spiro atoms. The third-order valence-electron chi connectivity index (χ3n) is 2.94. The Bertz CT molecular complexity index is 682. The molecule has 0 amide bonds. The van der Waals surface area contributed by atoms with Gasteiger partial charge in [0.25, 0.3) is 0 Å². The summed E-state index contributed by atoms with van der Waals surface area (Å²) in [5.74, 6) is 0.348. The minimum absolute atomic E-state index is 0.153. The van der Waals surface area contributed by atoms with E-state index in [-0.39, 0.29) is 11.4 Å². The number of sulfonamides is 1. The number of rotatable bonds is 7. The Balaban J connectivity index is 2.22. The van der Waals surface area contributed by atoms with Gasteiger partial charge in [0.15, 0.2) is 0 Å². The fraction of sp³-hybridized carbons (Fsp3) is 0.286. The van der Waals surface area contributed by atoms with Gasteiger partial charge < -0.3 is 10.1 Å². The quantitative estimate of drug-likeness (QED) is 0.816. The van der Waals surface area contributed by atoms with E-state index >= 15 is 0 Å². The van der Waals surface area contributed by atoms with Gasteiger partial charge in [-0.25, -0.2) is 13.1 Å². The van der Waals surface area contributed by atoms with Crippen molar-refractivity contribution < 1.29 is 13.2 Å². The van der Waals surface area contributed by atoms with Crippen LogP contribution in [0, 0.1) is 0 Å². The van der Waals surface area contributed by atoms with Crippen LogP contribution in [0.1, 0.15) is 11.1 Å². The summed E-state index contributed by atoms with van der Waals surface area (Å²) in [6, 6.07) is 6.97. The maximum atomic E-state index is 12.4. The van der Waals surface area contributed by atoms with Crippen molar-refractivity contribution in [2.45, 2.75) is 18.0 Å². The van der Waals surface area contributed by atoms with Crippen LogP contribution in [0.15, 0.2) is 39.9 Å². The highest BCUT2D eigenvalue weighted by Gasteiger charge is 2.19. The van der Waals surface area contributed by atoms with Gasteiger partial charge in [0, 0.05) is 13.1 Å². The van der Waals surface area contributed by atoms with Crippen LogP contribution < -0.4 is 14.8 Å². The zero-order chi connectivity index (χ0) is 15.3. The Morgan fingerprint density at radius 1 is 1.19 bits per heavy atom. The number of hydrogen-bond acceptors (Lipinski definition) is 5. The Labute approximate surface area is 129 Å². The lowest BCUT2D eigenvalue weighted by Crippen LogP contribution is -2.23. The predicted octanol–water partition coefficient (Wildman–Crippen LogP) is 1.95. The largest absolute Gasteiger partial charge is 0.495 e. The van der Waals surface area contributed by atoms with Gasteiger partial charge in [0.1, 0.15) is 10.6 Å². The highest BCUT2D eigenvalue weighted by molar-refractivity contribution is 7.89. The van der Waals surface area contributed by atoms with Crippen LogP contribution in [0.4, 0.5) is 0 Å². The van der Waals surface area contributed by atoms with Crippen molar-refractivity contribution in [3.63, 3.8) is 0 Å². The van der Waals surface area contributed by atoms with Gasteiger partial charge in [0.2, 0.25) is 10.0 Å². The van der Waals surface area contributed by atoms with Crippen LogP contribution in [0.2, 0.25) is 0 Å². The van der Waals surface area contributed by atoms with E-state index in [0.717, 1.165) is 11.1 Å². The molecular formula is C14H18N2O3S2. The summed E-state index contributed by atoms with van der Waals surface area (Å²) in [5, 5.41) is 6.84. The molecule has 0 unspecified atom stereocenters. The normalized spacial score (nSPS) is 11.5. The third kappa shape index (κ3) is 4.04. The van der Waals surface area contributed by atoms with E-state index in [2.05, 4.69) is 10.0 Å². The maximum absolute atomic E-state index is 12.4. The second kappa shape index (κ2) is 7.04. The van der Waals surface area contributed by atoms with Crippen molar-refractivity contribution in [2.24, 2.45) is 0 Å². The van der Waals surface area contributed by atoms with E-state index in [1.165, 1.54) is 18.4 Å². The van der Waals surface area contributed by atoms with E-state index in [0.29, 0.717) is 12.3 Å². The molecule has 1 heterocycles. The highest BCUT2D eigenvalue weighted by atomic mass is 32.2. The van der Waals surface area contributed by atoms with Gasteiger partial charge in [-0.3, -0.25) is 0 Å². The van der Waals surface area contributed by atoms with Gasteiger partial charge in [-0.1, -0.05) is 6.07 Å². The van der Waals surface area contributed by atoms with Crippen molar-refractivity contribution in [3.05, 3.63) is 46.2 Å². The molecule has 0 aliphatic carbocycles. The van der Waals surface area contributed by atoms with E-state index in [1.807, 2.05) is 23.9 Å². The molecule has 0 aliphatic heterocycles. The number of methoxy groups -OCH3 is 1. The van der Waals surface area contributed by atoms with Crippen LogP contribution in [0.5, 0.6) is 5.75 Å². The standard InChI is InChI=1S/C14H18N2O3S2/c1-15-8-11-3-4-14(13(7-11)19-2)21(17,18)16-9-12-5-6-20-10-12/h3-7,10,15-16H,8-9H2,1-2H3. The molecule has 114 valence electrons. The van der Waals surface area contributed by atoms with E-state index in [1.54, 1.807) is 18.2 Å². The van der Waals surface area contributed by atoms with E-state index < -0.39 is 10.0 Å². The summed E-state index contributed by atoms with van der Waals surface area (Å²) in [5.41, 5.74) is 1.90. The zero-order valence-electron chi connectivity index (χ0n) is 11.9. The number of ether oxygens (including phenoxy) is 1. The minimum Gasteiger partial charge on any atom is -0.495 e. The molecule has 2 rings (SSSR count). The number of thiophene rings is 1. The number of nitrogens with one attached hydrogen (secondary N) is 2. The summed E-state index contributed by atoms with van der Waals surface area (Å²) >= 11 is 1.53. The Kier molecular flexibility index (Phi) is 5.35. The molecule has 0 radical (unpaired) electrons. The molecule has 1 aromatic heterocycles. The number of benzene rings is 1.